The second-order valence-electron chi connectivity index (χ2n) is 13.3. The summed E-state index contributed by atoms with van der Waals surface area (Å²) in [5.74, 6) is 0. The topological polar surface area (TPSA) is 32.2 Å². The first kappa shape index (κ1) is 25.0. The van der Waals surface area contributed by atoms with Gasteiger partial charge in [0.05, 0.1) is 16.9 Å². The molecule has 6 aromatic carbocycles. The highest BCUT2D eigenvalue weighted by Gasteiger charge is 2.42. The van der Waals surface area contributed by atoms with Crippen LogP contribution in [0.5, 0.6) is 0 Å². The molecule has 0 saturated heterocycles. The largest absolute Gasteiger partial charge is 0.454 e. The van der Waals surface area contributed by atoms with Crippen LogP contribution in [0.4, 0.5) is 17.1 Å². The predicted octanol–water partition coefficient (Wildman–Crippen LogP) is 9.91. The van der Waals surface area contributed by atoms with Crippen molar-refractivity contribution in [3.8, 4) is 11.1 Å². The molecule has 0 saturated carbocycles. The van der Waals surface area contributed by atoms with Crippen LogP contribution in [0.3, 0.4) is 0 Å². The highest BCUT2D eigenvalue weighted by Crippen LogP contribution is 2.54. The van der Waals surface area contributed by atoms with Gasteiger partial charge in [0.25, 0.3) is 0 Å². The summed E-state index contributed by atoms with van der Waals surface area (Å²) in [4.78, 5) is 7.65. The molecule has 1 N–H and O–H groups in total. The van der Waals surface area contributed by atoms with Gasteiger partial charge in [-0.3, -0.25) is 0 Å². The minimum absolute atomic E-state index is 0.120. The van der Waals surface area contributed by atoms with Gasteiger partial charge in [0.15, 0.2) is 12.9 Å². The van der Waals surface area contributed by atoms with Crippen LogP contribution >= 0.6 is 11.3 Å². The van der Waals surface area contributed by atoms with Crippen molar-refractivity contribution >= 4 is 99.7 Å². The van der Waals surface area contributed by atoms with E-state index in [1.54, 1.807) is 0 Å². The molecule has 0 radical (unpaired) electrons. The first-order chi connectivity index (χ1) is 22.6. The molecule has 5 heterocycles. The van der Waals surface area contributed by atoms with Gasteiger partial charge in [-0.05, 0) is 46.4 Å². The van der Waals surface area contributed by atoms with Crippen LogP contribution in [0.25, 0.3) is 64.3 Å². The van der Waals surface area contributed by atoms with E-state index in [4.69, 9.17) is 4.42 Å². The second-order valence-corrected chi connectivity index (χ2v) is 14.4. The number of hydrogen-bond donors (Lipinski definition) is 1. The molecule has 0 aliphatic carbocycles. The molecule has 0 atom stereocenters. The lowest BCUT2D eigenvalue weighted by Crippen LogP contribution is -2.45. The number of nitrogens with one attached hydrogen (secondary N) is 1. The Morgan fingerprint density at radius 3 is 2.39 bits per heavy atom. The van der Waals surface area contributed by atoms with Crippen molar-refractivity contribution in [3.63, 3.8) is 0 Å². The Hall–Kier alpha value is -5.26. The van der Waals surface area contributed by atoms with E-state index < -0.39 is 0 Å². The molecule has 5 heteroatoms. The molecular weight excluding hydrogens is 579 g/mol. The Morgan fingerprint density at radius 2 is 1.46 bits per heavy atom. The zero-order chi connectivity index (χ0) is 30.3. The second kappa shape index (κ2) is 8.51. The number of aromatic amines is 1. The summed E-state index contributed by atoms with van der Waals surface area (Å²) in [5.41, 5.74) is 14.5. The van der Waals surface area contributed by atoms with Crippen LogP contribution in [0.2, 0.25) is 0 Å². The monoisotopic (exact) mass is 606 g/mol. The predicted molar refractivity (Wildman–Crippen MR) is 197 cm³/mol. The number of nitrogens with zero attached hydrogens (tertiary/aromatic N) is 1. The maximum absolute atomic E-state index is 6.84. The summed E-state index contributed by atoms with van der Waals surface area (Å²) in [6, 6.07) is 42.3. The summed E-state index contributed by atoms with van der Waals surface area (Å²) in [6.07, 6.45) is 0. The SMILES string of the molecule is CC1(C)c2ccccc2N2c3c(cccc31)Bc1c(-c3cccc4c3[nH]c3sc5ccccc5c34)cc3c(oc4ccccc43)c12. The minimum Gasteiger partial charge on any atom is -0.454 e. The van der Waals surface area contributed by atoms with Gasteiger partial charge in [-0.25, -0.2) is 0 Å². The fourth-order valence-electron chi connectivity index (χ4n) is 8.56. The fraction of sp³-hybridized carbons (Fsp3) is 0.0732. The zero-order valence-corrected chi connectivity index (χ0v) is 26.3. The molecule has 0 amide bonds. The quantitative estimate of drug-likeness (QED) is 0.189. The summed E-state index contributed by atoms with van der Waals surface area (Å²) < 4.78 is 8.16. The zero-order valence-electron chi connectivity index (χ0n) is 25.4. The minimum atomic E-state index is -0.120. The molecule has 0 spiro atoms. The normalized spacial score (nSPS) is 14.6. The van der Waals surface area contributed by atoms with Gasteiger partial charge in [-0.15, -0.1) is 11.3 Å². The molecule has 2 aliphatic heterocycles. The van der Waals surface area contributed by atoms with Gasteiger partial charge in [-0.2, -0.15) is 0 Å². The fourth-order valence-corrected chi connectivity index (χ4v) is 9.68. The smallest absolute Gasteiger partial charge is 0.198 e. The molecule has 0 unspecified atom stereocenters. The number of fused-ring (bicyclic) bond motifs is 13. The Labute approximate surface area is 269 Å². The van der Waals surface area contributed by atoms with Gasteiger partial charge < -0.3 is 14.3 Å². The van der Waals surface area contributed by atoms with Crippen molar-refractivity contribution in [2.24, 2.45) is 0 Å². The molecule has 0 bridgehead atoms. The molecule has 9 aromatic rings. The lowest BCUT2D eigenvalue weighted by molar-refractivity contribution is 0.631. The third kappa shape index (κ3) is 3.00. The number of H-pyrrole nitrogens is 1. The maximum Gasteiger partial charge on any atom is 0.198 e. The highest BCUT2D eigenvalue weighted by molar-refractivity contribution is 7.25. The van der Waals surface area contributed by atoms with Crippen LogP contribution < -0.4 is 15.8 Å². The number of rotatable bonds is 1. The van der Waals surface area contributed by atoms with E-state index in [-0.39, 0.29) is 5.41 Å². The van der Waals surface area contributed by atoms with Gasteiger partial charge in [-0.1, -0.05) is 110 Å². The number of benzene rings is 6. The van der Waals surface area contributed by atoms with Crippen molar-refractivity contribution < 1.29 is 4.42 Å². The first-order valence-corrected chi connectivity index (χ1v) is 16.8. The van der Waals surface area contributed by atoms with Crippen molar-refractivity contribution in [2.75, 3.05) is 4.90 Å². The maximum atomic E-state index is 6.84. The lowest BCUT2D eigenvalue weighted by atomic mass is 9.55. The van der Waals surface area contributed by atoms with E-state index in [1.165, 1.54) is 81.4 Å². The number of aromatic nitrogens is 1. The van der Waals surface area contributed by atoms with Crippen LogP contribution in [0.15, 0.2) is 120 Å². The Morgan fingerprint density at radius 1 is 0.696 bits per heavy atom. The van der Waals surface area contributed by atoms with Crippen molar-refractivity contribution in [3.05, 3.63) is 126 Å². The summed E-state index contributed by atoms with van der Waals surface area (Å²) >= 11 is 1.84. The van der Waals surface area contributed by atoms with E-state index >= 15 is 0 Å². The standard InChI is InChI=1S/C41H27BN2OS/c1-41(2)28-15-5-6-18-31(28)44-37-29(41)16-10-17-30(37)42-35-26(21-27-22-11-3-7-19-32(22)45-39(27)38(35)44)23-13-9-14-25-34-24-12-4-8-20-33(24)46-40(34)43-36(23)25/h3-21,42-43H,1-2H3. The third-order valence-electron chi connectivity index (χ3n) is 10.6. The van der Waals surface area contributed by atoms with E-state index in [2.05, 4.69) is 139 Å². The van der Waals surface area contributed by atoms with E-state index in [0.29, 0.717) is 0 Å². The molecule has 216 valence electrons. The molecule has 46 heavy (non-hydrogen) atoms. The highest BCUT2D eigenvalue weighted by atomic mass is 32.1. The van der Waals surface area contributed by atoms with E-state index in [1.807, 2.05) is 11.3 Å². The van der Waals surface area contributed by atoms with Crippen LogP contribution in [-0.2, 0) is 5.41 Å². The van der Waals surface area contributed by atoms with Crippen molar-refractivity contribution in [2.45, 2.75) is 19.3 Å². The lowest BCUT2D eigenvalue weighted by Gasteiger charge is -2.45. The molecule has 3 aromatic heterocycles. The summed E-state index contributed by atoms with van der Waals surface area (Å²) in [5, 5.41) is 6.22. The van der Waals surface area contributed by atoms with Crippen LogP contribution in [-0.4, -0.2) is 12.3 Å². The number of hydrogen-bond acceptors (Lipinski definition) is 3. The number of para-hydroxylation sites is 4. The van der Waals surface area contributed by atoms with Gasteiger partial charge >= 0.3 is 0 Å². The average Bonchev–Trinajstić information content (AvgIpc) is 3.76. The van der Waals surface area contributed by atoms with Crippen LogP contribution in [0.1, 0.15) is 25.0 Å². The summed E-state index contributed by atoms with van der Waals surface area (Å²) in [7, 11) is 0.837. The molecule has 0 fully saturated rings. The van der Waals surface area contributed by atoms with Crippen molar-refractivity contribution in [1.82, 2.24) is 4.98 Å². The summed E-state index contributed by atoms with van der Waals surface area (Å²) in [6.45, 7) is 4.73. The van der Waals surface area contributed by atoms with Gasteiger partial charge in [0, 0.05) is 48.3 Å². The Kier molecular flexibility index (Phi) is 4.62. The van der Waals surface area contributed by atoms with Gasteiger partial charge in [0.1, 0.15) is 10.4 Å². The number of anilines is 3. The molecule has 11 rings (SSSR count). The molecule has 3 nitrogen and oxygen atoms in total. The molecule has 2 aliphatic rings. The van der Waals surface area contributed by atoms with Crippen molar-refractivity contribution in [1.29, 1.82) is 0 Å². The van der Waals surface area contributed by atoms with E-state index in [9.17, 15) is 0 Å². The number of thiophene rings is 1. The first-order valence-electron chi connectivity index (χ1n) is 16.0. The Balaban J connectivity index is 1.30. The third-order valence-corrected chi connectivity index (χ3v) is 11.7. The van der Waals surface area contributed by atoms with Gasteiger partial charge in [0.2, 0.25) is 0 Å². The number of furan rings is 1. The van der Waals surface area contributed by atoms with E-state index in [0.717, 1.165) is 29.2 Å². The van der Waals surface area contributed by atoms with Crippen LogP contribution in [0, 0.1) is 0 Å². The molecular formula is C41H27BN2OS. The Bertz CT molecular complexity index is 2780. The average molecular weight is 607 g/mol.